The Hall–Kier alpha value is -2.08. The van der Waals surface area contributed by atoms with Crippen molar-refractivity contribution in [3.05, 3.63) is 48.4 Å². The molecule has 1 heterocycles. The Kier molecular flexibility index (Phi) is 3.20. The van der Waals surface area contributed by atoms with Gasteiger partial charge >= 0.3 is 16.1 Å². The highest BCUT2D eigenvalue weighted by Gasteiger charge is 2.14. The molecule has 0 aliphatic rings. The number of hydrogen-bond donors (Lipinski definition) is 0. The lowest BCUT2D eigenvalue weighted by molar-refractivity contribution is 0.0748. The molecule has 0 radical (unpaired) electrons. The Morgan fingerprint density at radius 2 is 2.00 bits per heavy atom. The van der Waals surface area contributed by atoms with Gasteiger partial charge in [0.15, 0.2) is 0 Å². The van der Waals surface area contributed by atoms with Crippen LogP contribution in [-0.4, -0.2) is 20.6 Å². The van der Waals surface area contributed by atoms with Crippen LogP contribution in [-0.2, 0) is 14.3 Å². The molecule has 6 heteroatoms. The summed E-state index contributed by atoms with van der Waals surface area (Å²) in [5, 5.41) is 0. The second-order valence-electron chi connectivity index (χ2n) is 3.67. The van der Waals surface area contributed by atoms with Gasteiger partial charge in [0.1, 0.15) is 0 Å². The van der Waals surface area contributed by atoms with Crippen molar-refractivity contribution in [2.75, 3.05) is 6.26 Å². The fourth-order valence-corrected chi connectivity index (χ4v) is 1.81. The van der Waals surface area contributed by atoms with Crippen LogP contribution in [0.15, 0.2) is 47.3 Å². The SMILES string of the molecule is CS(=O)(=O)OC(=O)c1cccc(-c2ccoc2)c1. The zero-order chi connectivity index (χ0) is 13.2. The summed E-state index contributed by atoms with van der Waals surface area (Å²) >= 11 is 0. The lowest BCUT2D eigenvalue weighted by atomic mass is 10.1. The maximum atomic E-state index is 11.6. The minimum atomic E-state index is -3.81. The number of benzene rings is 1. The summed E-state index contributed by atoms with van der Waals surface area (Å²) in [6.45, 7) is 0. The number of rotatable bonds is 3. The van der Waals surface area contributed by atoms with Crippen LogP contribution in [0, 0.1) is 0 Å². The molecule has 0 amide bonds. The average molecular weight is 266 g/mol. The van der Waals surface area contributed by atoms with E-state index in [1.54, 1.807) is 24.3 Å². The van der Waals surface area contributed by atoms with Gasteiger partial charge < -0.3 is 8.60 Å². The molecule has 0 saturated heterocycles. The highest BCUT2D eigenvalue weighted by Crippen LogP contribution is 2.21. The molecule has 0 atom stereocenters. The molecule has 1 aromatic carbocycles. The summed E-state index contributed by atoms with van der Waals surface area (Å²) in [6, 6.07) is 8.18. The Morgan fingerprint density at radius 1 is 1.22 bits per heavy atom. The number of hydrogen-bond acceptors (Lipinski definition) is 5. The van der Waals surface area contributed by atoms with Crippen LogP contribution in [0.25, 0.3) is 11.1 Å². The van der Waals surface area contributed by atoms with Gasteiger partial charge in [-0.1, -0.05) is 12.1 Å². The van der Waals surface area contributed by atoms with Crippen molar-refractivity contribution in [2.45, 2.75) is 0 Å². The van der Waals surface area contributed by atoms with Gasteiger partial charge in [0.25, 0.3) is 0 Å². The third kappa shape index (κ3) is 2.98. The fraction of sp³-hybridized carbons (Fsp3) is 0.0833. The normalized spacial score (nSPS) is 11.2. The van der Waals surface area contributed by atoms with E-state index in [-0.39, 0.29) is 5.56 Å². The summed E-state index contributed by atoms with van der Waals surface area (Å²) in [7, 11) is -3.81. The minimum absolute atomic E-state index is 0.166. The van der Waals surface area contributed by atoms with Gasteiger partial charge in [0.2, 0.25) is 0 Å². The molecule has 2 rings (SSSR count). The largest absolute Gasteiger partial charge is 0.472 e. The fourth-order valence-electron chi connectivity index (χ4n) is 1.44. The monoisotopic (exact) mass is 266 g/mol. The molecule has 5 nitrogen and oxygen atoms in total. The first-order valence-corrected chi connectivity index (χ1v) is 6.84. The molecule has 0 saturated carbocycles. The highest BCUT2D eigenvalue weighted by atomic mass is 32.2. The maximum Gasteiger partial charge on any atom is 0.353 e. The van der Waals surface area contributed by atoms with Crippen molar-refractivity contribution in [1.82, 2.24) is 0 Å². The molecule has 0 N–H and O–H groups in total. The number of furan rings is 1. The van der Waals surface area contributed by atoms with E-state index >= 15 is 0 Å². The number of carbonyl (C=O) groups excluding carboxylic acids is 1. The predicted molar refractivity (Wildman–Crippen MR) is 64.4 cm³/mol. The third-order valence-electron chi connectivity index (χ3n) is 2.18. The van der Waals surface area contributed by atoms with Crippen LogP contribution in [0.1, 0.15) is 10.4 Å². The summed E-state index contributed by atoms with van der Waals surface area (Å²) in [4.78, 5) is 11.6. The van der Waals surface area contributed by atoms with E-state index in [1.165, 1.54) is 18.6 Å². The van der Waals surface area contributed by atoms with Crippen molar-refractivity contribution in [2.24, 2.45) is 0 Å². The summed E-state index contributed by atoms with van der Waals surface area (Å²) in [6.07, 6.45) is 3.86. The summed E-state index contributed by atoms with van der Waals surface area (Å²) < 4.78 is 31.0. The summed E-state index contributed by atoms with van der Waals surface area (Å²) in [5.41, 5.74) is 1.70. The van der Waals surface area contributed by atoms with Crippen molar-refractivity contribution in [3.8, 4) is 11.1 Å². The second kappa shape index (κ2) is 4.66. The van der Waals surface area contributed by atoms with Gasteiger partial charge in [-0.05, 0) is 23.8 Å². The van der Waals surface area contributed by atoms with Crippen LogP contribution in [0.3, 0.4) is 0 Å². The highest BCUT2D eigenvalue weighted by molar-refractivity contribution is 7.86. The predicted octanol–water partition coefficient (Wildman–Crippen LogP) is 2.06. The van der Waals surface area contributed by atoms with Gasteiger partial charge in [-0.3, -0.25) is 0 Å². The Bertz CT molecular complexity index is 656. The Balaban J connectivity index is 2.31. The van der Waals surface area contributed by atoms with Gasteiger partial charge in [0, 0.05) is 5.56 Å². The lowest BCUT2D eigenvalue weighted by Crippen LogP contribution is -2.11. The van der Waals surface area contributed by atoms with Gasteiger partial charge in [-0.15, -0.1) is 0 Å². The maximum absolute atomic E-state index is 11.6. The molecule has 2 aromatic rings. The van der Waals surface area contributed by atoms with Crippen molar-refractivity contribution in [3.63, 3.8) is 0 Å². The Morgan fingerprint density at radius 3 is 2.61 bits per heavy atom. The molecule has 0 aliphatic heterocycles. The van der Waals surface area contributed by atoms with Crippen LogP contribution >= 0.6 is 0 Å². The van der Waals surface area contributed by atoms with E-state index in [0.717, 1.165) is 17.4 Å². The van der Waals surface area contributed by atoms with E-state index < -0.39 is 16.1 Å². The Labute approximate surface area is 104 Å². The molecular formula is C12H10O5S. The molecule has 1 aromatic heterocycles. The van der Waals surface area contributed by atoms with Gasteiger partial charge in [-0.25, -0.2) is 4.79 Å². The van der Waals surface area contributed by atoms with Crippen LogP contribution < -0.4 is 0 Å². The minimum Gasteiger partial charge on any atom is -0.472 e. The van der Waals surface area contributed by atoms with Crippen LogP contribution in [0.4, 0.5) is 0 Å². The van der Waals surface area contributed by atoms with Crippen LogP contribution in [0.2, 0.25) is 0 Å². The first-order valence-electron chi connectivity index (χ1n) is 5.02. The molecule has 0 bridgehead atoms. The zero-order valence-electron chi connectivity index (χ0n) is 9.49. The van der Waals surface area contributed by atoms with Gasteiger partial charge in [0.05, 0.1) is 24.3 Å². The first-order chi connectivity index (χ1) is 8.46. The molecule has 18 heavy (non-hydrogen) atoms. The van der Waals surface area contributed by atoms with Crippen LogP contribution in [0.5, 0.6) is 0 Å². The topological polar surface area (TPSA) is 73.6 Å². The molecule has 0 unspecified atom stereocenters. The molecular weight excluding hydrogens is 256 g/mol. The second-order valence-corrected chi connectivity index (χ2v) is 5.24. The van der Waals surface area contributed by atoms with Crippen molar-refractivity contribution in [1.29, 1.82) is 0 Å². The lowest BCUT2D eigenvalue weighted by Gasteiger charge is -2.03. The van der Waals surface area contributed by atoms with E-state index in [4.69, 9.17) is 4.42 Å². The molecule has 94 valence electrons. The van der Waals surface area contributed by atoms with E-state index in [0.29, 0.717) is 0 Å². The first kappa shape index (κ1) is 12.4. The average Bonchev–Trinajstić information content (AvgIpc) is 2.80. The molecule has 0 fully saturated rings. The number of carbonyl (C=O) groups is 1. The smallest absolute Gasteiger partial charge is 0.353 e. The molecule has 0 spiro atoms. The van der Waals surface area contributed by atoms with E-state index in [1.807, 2.05) is 0 Å². The third-order valence-corrected chi connectivity index (χ3v) is 2.63. The quantitative estimate of drug-likeness (QED) is 0.795. The van der Waals surface area contributed by atoms with Crippen molar-refractivity contribution < 1.29 is 21.8 Å². The molecule has 0 aliphatic carbocycles. The van der Waals surface area contributed by atoms with Gasteiger partial charge in [-0.2, -0.15) is 8.42 Å². The van der Waals surface area contributed by atoms with Crippen molar-refractivity contribution >= 4 is 16.1 Å². The summed E-state index contributed by atoms with van der Waals surface area (Å²) in [5.74, 6) is -0.900. The standard InChI is InChI=1S/C12H10O5S/c1-18(14,15)17-12(13)10-4-2-3-9(7-10)11-5-6-16-8-11/h2-8H,1H3. The van der Waals surface area contributed by atoms with E-state index in [2.05, 4.69) is 4.18 Å². The zero-order valence-corrected chi connectivity index (χ0v) is 10.3. The van der Waals surface area contributed by atoms with E-state index in [9.17, 15) is 13.2 Å².